The first-order chi connectivity index (χ1) is 13.2. The van der Waals surface area contributed by atoms with Crippen molar-refractivity contribution in [3.63, 3.8) is 0 Å². The Morgan fingerprint density at radius 1 is 0.759 bits per heavy atom. The Labute approximate surface area is 173 Å². The van der Waals surface area contributed by atoms with Crippen LogP contribution in [0.2, 0.25) is 0 Å². The van der Waals surface area contributed by atoms with Gasteiger partial charge in [0.05, 0.1) is 31.8 Å². The summed E-state index contributed by atoms with van der Waals surface area (Å²) in [5.41, 5.74) is -0.124. The Kier molecular flexibility index (Phi) is 10.8. The third kappa shape index (κ3) is 10.6. The van der Waals surface area contributed by atoms with E-state index in [2.05, 4.69) is 54.7 Å². The maximum atomic E-state index is 9.25. The highest BCUT2D eigenvalue weighted by Gasteiger charge is 2.45. The average molecular weight is 417 g/mol. The summed E-state index contributed by atoms with van der Waals surface area (Å²) >= 11 is 0. The van der Waals surface area contributed by atoms with E-state index in [-0.39, 0.29) is 28.8 Å². The van der Waals surface area contributed by atoms with Crippen molar-refractivity contribution in [1.29, 1.82) is 0 Å². The molecule has 0 aliphatic carbocycles. The van der Waals surface area contributed by atoms with Crippen LogP contribution in [0.4, 0.5) is 0 Å². The van der Waals surface area contributed by atoms with E-state index in [0.29, 0.717) is 26.4 Å². The van der Waals surface area contributed by atoms with Gasteiger partial charge in [0.1, 0.15) is 0 Å². The molecule has 0 unspecified atom stereocenters. The van der Waals surface area contributed by atoms with Crippen LogP contribution in [0.15, 0.2) is 25.3 Å². The molecule has 0 amide bonds. The number of carbonyl (C=O) groups is 2. The van der Waals surface area contributed by atoms with Crippen LogP contribution in [0.5, 0.6) is 0 Å². The molecule has 2 saturated heterocycles. The summed E-state index contributed by atoms with van der Waals surface area (Å²) in [5, 5.41) is 15.2. The first kappa shape index (κ1) is 27.3. The Hall–Kier alpha value is -1.74. The van der Waals surface area contributed by atoms with Crippen molar-refractivity contribution < 1.29 is 38.7 Å². The van der Waals surface area contributed by atoms with Crippen LogP contribution in [0.3, 0.4) is 0 Å². The maximum absolute atomic E-state index is 9.25. The summed E-state index contributed by atoms with van der Waals surface area (Å²) in [6.07, 6.45) is 1.39. The van der Waals surface area contributed by atoms with E-state index < -0.39 is 11.9 Å². The lowest BCUT2D eigenvalue weighted by molar-refractivity contribution is -0.331. The number of hydrogen-bond donors (Lipinski definition) is 2. The number of rotatable bonds is 2. The van der Waals surface area contributed by atoms with Crippen molar-refractivity contribution in [1.82, 2.24) is 0 Å². The lowest BCUT2D eigenvalue weighted by Crippen LogP contribution is -2.55. The van der Waals surface area contributed by atoms with Gasteiger partial charge in [0, 0.05) is 23.0 Å². The number of carboxylic acids is 2. The van der Waals surface area contributed by atoms with Gasteiger partial charge in [-0.15, -0.1) is 0 Å². The molecule has 0 aromatic heterocycles. The minimum Gasteiger partial charge on any atom is -0.478 e. The summed E-state index contributed by atoms with van der Waals surface area (Å²) in [6.45, 7) is 21.2. The third-order valence-electron chi connectivity index (χ3n) is 3.93. The summed E-state index contributed by atoms with van der Waals surface area (Å²) in [5.74, 6) is -1.96. The zero-order chi connectivity index (χ0) is 22.9. The fourth-order valence-electron chi connectivity index (χ4n) is 2.36. The lowest BCUT2D eigenvalue weighted by Gasteiger charge is -2.47. The molecule has 0 bridgehead atoms. The normalized spacial score (nSPS) is 26.8. The molecule has 2 aliphatic rings. The second kappa shape index (κ2) is 11.4. The molecule has 2 aliphatic heterocycles. The molecule has 0 aromatic carbocycles. The molecule has 29 heavy (non-hydrogen) atoms. The number of hydrogen-bond acceptors (Lipinski definition) is 6. The van der Waals surface area contributed by atoms with E-state index in [9.17, 15) is 9.59 Å². The van der Waals surface area contributed by atoms with Crippen LogP contribution in [0, 0.1) is 16.2 Å². The molecule has 0 atom stereocenters. The molecule has 2 heterocycles. The highest BCUT2D eigenvalue weighted by Crippen LogP contribution is 2.37. The molecule has 8 nitrogen and oxygen atoms in total. The van der Waals surface area contributed by atoms with Crippen molar-refractivity contribution >= 4 is 11.9 Å². The van der Waals surface area contributed by atoms with Gasteiger partial charge in [0.15, 0.2) is 12.6 Å². The minimum atomic E-state index is -0.981. The summed E-state index contributed by atoms with van der Waals surface area (Å²) < 4.78 is 23.5. The molecular weight excluding hydrogens is 380 g/mol. The topological polar surface area (TPSA) is 112 Å². The molecule has 1 spiro atoms. The van der Waals surface area contributed by atoms with E-state index in [1.165, 1.54) is 0 Å². The molecule has 168 valence electrons. The predicted molar refractivity (Wildman–Crippen MR) is 108 cm³/mol. The van der Waals surface area contributed by atoms with Crippen LogP contribution in [-0.2, 0) is 28.5 Å². The molecule has 0 aromatic rings. The van der Waals surface area contributed by atoms with Gasteiger partial charge < -0.3 is 29.2 Å². The molecule has 8 heteroatoms. The zero-order valence-electron chi connectivity index (χ0n) is 18.4. The third-order valence-corrected chi connectivity index (χ3v) is 3.93. The molecule has 0 saturated carbocycles. The van der Waals surface area contributed by atoms with Gasteiger partial charge >= 0.3 is 11.9 Å². The number of ether oxygens (including phenoxy) is 4. The minimum absolute atomic E-state index is 0.00589. The van der Waals surface area contributed by atoms with Crippen molar-refractivity contribution in [3.05, 3.63) is 25.3 Å². The van der Waals surface area contributed by atoms with E-state index in [0.717, 1.165) is 12.2 Å². The van der Waals surface area contributed by atoms with Gasteiger partial charge in [-0.2, -0.15) is 0 Å². The highest BCUT2D eigenvalue weighted by molar-refractivity contribution is 5.79. The van der Waals surface area contributed by atoms with E-state index in [1.807, 2.05) is 0 Å². The molecule has 2 fully saturated rings. The second-order valence-corrected chi connectivity index (χ2v) is 9.22. The van der Waals surface area contributed by atoms with Crippen molar-refractivity contribution in [2.45, 2.75) is 54.1 Å². The summed E-state index contributed by atoms with van der Waals surface area (Å²) in [7, 11) is 0. The number of aliphatic carboxylic acids is 2. The van der Waals surface area contributed by atoms with E-state index >= 15 is 0 Å². The molecular formula is C21H36O8. The van der Waals surface area contributed by atoms with Gasteiger partial charge in [-0.25, -0.2) is 9.59 Å². The fraction of sp³-hybridized carbons (Fsp3) is 0.714. The van der Waals surface area contributed by atoms with Gasteiger partial charge in [-0.3, -0.25) is 0 Å². The Morgan fingerprint density at radius 2 is 0.966 bits per heavy atom. The molecule has 2 N–H and O–H groups in total. The second-order valence-electron chi connectivity index (χ2n) is 9.22. The van der Waals surface area contributed by atoms with Gasteiger partial charge in [-0.1, -0.05) is 54.7 Å². The van der Waals surface area contributed by atoms with Crippen LogP contribution >= 0.6 is 0 Å². The summed E-state index contributed by atoms with van der Waals surface area (Å²) in [4.78, 5) is 18.5. The Balaban J connectivity index is 0.000000653. The Bertz CT molecular complexity index is 486. The quantitative estimate of drug-likeness (QED) is 0.660. The standard InChI is InChI=1S/C15H28O4.2C3H4O2/c1-13(2,3)11-16-7-15(8-17-11)9-18-12(19-10-15)14(4,5)6;2*1-2-3(4)5/h11-12H,7-10H2,1-6H3;2*2H,1H2,(H,4,5). The van der Waals surface area contributed by atoms with Gasteiger partial charge in [-0.05, 0) is 0 Å². The van der Waals surface area contributed by atoms with Crippen LogP contribution in [0.25, 0.3) is 0 Å². The largest absolute Gasteiger partial charge is 0.478 e. The highest BCUT2D eigenvalue weighted by atomic mass is 16.7. The van der Waals surface area contributed by atoms with Crippen molar-refractivity contribution in [2.24, 2.45) is 16.2 Å². The van der Waals surface area contributed by atoms with Crippen molar-refractivity contribution in [3.8, 4) is 0 Å². The maximum Gasteiger partial charge on any atom is 0.327 e. The van der Waals surface area contributed by atoms with E-state index in [4.69, 9.17) is 29.2 Å². The average Bonchev–Trinajstić information content (AvgIpc) is 2.62. The molecule has 2 rings (SSSR count). The van der Waals surface area contributed by atoms with Gasteiger partial charge in [0.2, 0.25) is 0 Å². The monoisotopic (exact) mass is 416 g/mol. The smallest absolute Gasteiger partial charge is 0.327 e. The Morgan fingerprint density at radius 3 is 1.10 bits per heavy atom. The fourth-order valence-corrected chi connectivity index (χ4v) is 2.36. The van der Waals surface area contributed by atoms with Crippen LogP contribution in [0.1, 0.15) is 41.5 Å². The number of carboxylic acid groups (broad SMARTS) is 2. The predicted octanol–water partition coefficient (Wildman–Crippen LogP) is 3.32. The van der Waals surface area contributed by atoms with Crippen LogP contribution < -0.4 is 0 Å². The summed E-state index contributed by atoms with van der Waals surface area (Å²) in [6, 6.07) is 0. The first-order valence-electron chi connectivity index (χ1n) is 9.34. The van der Waals surface area contributed by atoms with Crippen molar-refractivity contribution in [2.75, 3.05) is 26.4 Å². The first-order valence-corrected chi connectivity index (χ1v) is 9.34. The SMILES string of the molecule is C=CC(=O)O.C=CC(=O)O.CC(C)(C)C1OCC2(CO1)COC(C(C)(C)C)OC2. The van der Waals surface area contributed by atoms with E-state index in [1.54, 1.807) is 0 Å². The zero-order valence-corrected chi connectivity index (χ0v) is 18.4. The van der Waals surface area contributed by atoms with Crippen LogP contribution in [-0.4, -0.2) is 61.2 Å². The van der Waals surface area contributed by atoms with Gasteiger partial charge in [0.25, 0.3) is 0 Å². The molecule has 0 radical (unpaired) electrons. The lowest BCUT2D eigenvalue weighted by atomic mass is 9.87.